The minimum absolute atomic E-state index is 0.0605. The second-order valence-electron chi connectivity index (χ2n) is 3.41. The number of hydrogen-bond donors (Lipinski definition) is 0. The van der Waals surface area contributed by atoms with E-state index in [0.29, 0.717) is 15.6 Å². The first kappa shape index (κ1) is 11.4. The maximum atomic E-state index is 12.1. The smallest absolute Gasteiger partial charge is 0.222 e. The monoisotopic (exact) mass is 254 g/mol. The van der Waals surface area contributed by atoms with E-state index in [2.05, 4.69) is 12.0 Å². The Morgan fingerprint density at radius 2 is 2.31 bits per heavy atom. The third-order valence-electron chi connectivity index (χ3n) is 2.34. The molecule has 0 bridgehead atoms. The summed E-state index contributed by atoms with van der Waals surface area (Å²) in [7, 11) is 1.72. The summed E-state index contributed by atoms with van der Waals surface area (Å²) < 4.78 is 1.51. The molecule has 0 aromatic carbocycles. The Bertz CT molecular complexity index is 510. The summed E-state index contributed by atoms with van der Waals surface area (Å²) in [5.74, 6) is -0.0605. The standard InChI is InChI=1S/C11H11ClN2OS/c1-3-7-4-5-9(16-7)11(15)10-8(12)6-13-14(10)2/h4-6H,3H2,1-2H3. The molecule has 0 radical (unpaired) electrons. The van der Waals surface area contributed by atoms with Crippen molar-refractivity contribution in [2.75, 3.05) is 0 Å². The Morgan fingerprint density at radius 1 is 1.56 bits per heavy atom. The number of hydrogen-bond acceptors (Lipinski definition) is 3. The Morgan fingerprint density at radius 3 is 2.81 bits per heavy atom. The van der Waals surface area contributed by atoms with Gasteiger partial charge in [0.15, 0.2) is 0 Å². The summed E-state index contributed by atoms with van der Waals surface area (Å²) in [6.45, 7) is 2.07. The van der Waals surface area contributed by atoms with Crippen LogP contribution >= 0.6 is 22.9 Å². The Kier molecular flexibility index (Phi) is 3.12. The van der Waals surface area contributed by atoms with Crippen LogP contribution in [0.5, 0.6) is 0 Å². The lowest BCUT2D eigenvalue weighted by atomic mass is 10.2. The molecular weight excluding hydrogens is 244 g/mol. The molecule has 0 fully saturated rings. The fourth-order valence-corrected chi connectivity index (χ4v) is 2.61. The topological polar surface area (TPSA) is 34.9 Å². The van der Waals surface area contributed by atoms with E-state index in [4.69, 9.17) is 11.6 Å². The Labute approximate surface area is 103 Å². The van der Waals surface area contributed by atoms with Gasteiger partial charge in [-0.2, -0.15) is 5.10 Å². The Balaban J connectivity index is 2.39. The van der Waals surface area contributed by atoms with E-state index < -0.39 is 0 Å². The van der Waals surface area contributed by atoms with Crippen molar-refractivity contribution in [2.24, 2.45) is 7.05 Å². The van der Waals surface area contributed by atoms with Gasteiger partial charge in [-0.25, -0.2) is 0 Å². The summed E-state index contributed by atoms with van der Waals surface area (Å²) in [6, 6.07) is 3.82. The minimum atomic E-state index is -0.0605. The van der Waals surface area contributed by atoms with Gasteiger partial charge in [0.1, 0.15) is 5.69 Å². The summed E-state index contributed by atoms with van der Waals surface area (Å²) in [5, 5.41) is 4.36. The first-order valence-electron chi connectivity index (χ1n) is 4.94. The van der Waals surface area contributed by atoms with Gasteiger partial charge < -0.3 is 0 Å². The molecule has 0 saturated carbocycles. The van der Waals surface area contributed by atoms with Crippen molar-refractivity contribution in [3.05, 3.63) is 38.8 Å². The van der Waals surface area contributed by atoms with Crippen LogP contribution in [-0.2, 0) is 13.5 Å². The highest BCUT2D eigenvalue weighted by Crippen LogP contribution is 2.23. The van der Waals surface area contributed by atoms with Crippen molar-refractivity contribution in [1.82, 2.24) is 9.78 Å². The average Bonchev–Trinajstić information content (AvgIpc) is 2.85. The lowest BCUT2D eigenvalue weighted by Crippen LogP contribution is -2.07. The van der Waals surface area contributed by atoms with Crippen LogP contribution in [0.3, 0.4) is 0 Å². The van der Waals surface area contributed by atoms with Gasteiger partial charge in [-0.15, -0.1) is 11.3 Å². The van der Waals surface area contributed by atoms with E-state index in [1.54, 1.807) is 7.05 Å². The third-order valence-corrected chi connectivity index (χ3v) is 3.85. The average molecular weight is 255 g/mol. The van der Waals surface area contributed by atoms with Crippen LogP contribution in [0, 0.1) is 0 Å². The van der Waals surface area contributed by atoms with E-state index in [1.165, 1.54) is 27.1 Å². The van der Waals surface area contributed by atoms with Gasteiger partial charge in [-0.05, 0) is 18.6 Å². The first-order chi connectivity index (χ1) is 7.63. The van der Waals surface area contributed by atoms with E-state index >= 15 is 0 Å². The number of halogens is 1. The molecule has 0 atom stereocenters. The van der Waals surface area contributed by atoms with Crippen molar-refractivity contribution in [1.29, 1.82) is 0 Å². The molecule has 0 amide bonds. The molecule has 5 heteroatoms. The van der Waals surface area contributed by atoms with Crippen LogP contribution in [0.4, 0.5) is 0 Å². The molecule has 84 valence electrons. The number of rotatable bonds is 3. The van der Waals surface area contributed by atoms with Gasteiger partial charge in [0.2, 0.25) is 5.78 Å². The molecule has 0 saturated heterocycles. The molecule has 0 aliphatic rings. The second-order valence-corrected chi connectivity index (χ2v) is 4.99. The van der Waals surface area contributed by atoms with Crippen LogP contribution < -0.4 is 0 Å². The molecule has 16 heavy (non-hydrogen) atoms. The van der Waals surface area contributed by atoms with Gasteiger partial charge in [0.25, 0.3) is 0 Å². The fraction of sp³-hybridized carbons (Fsp3) is 0.273. The number of carbonyl (C=O) groups is 1. The summed E-state index contributed by atoms with van der Waals surface area (Å²) >= 11 is 7.44. The molecular formula is C11H11ClN2OS. The summed E-state index contributed by atoms with van der Waals surface area (Å²) in [6.07, 6.45) is 2.43. The van der Waals surface area contributed by atoms with Crippen molar-refractivity contribution < 1.29 is 4.79 Å². The van der Waals surface area contributed by atoms with Crippen LogP contribution in [0.1, 0.15) is 27.2 Å². The van der Waals surface area contributed by atoms with E-state index in [1.807, 2.05) is 12.1 Å². The molecule has 0 aliphatic heterocycles. The Hall–Kier alpha value is -1.13. The molecule has 0 N–H and O–H groups in total. The van der Waals surface area contributed by atoms with Crippen molar-refractivity contribution in [2.45, 2.75) is 13.3 Å². The molecule has 0 aliphatic carbocycles. The van der Waals surface area contributed by atoms with Gasteiger partial charge in [0, 0.05) is 11.9 Å². The SMILES string of the molecule is CCc1ccc(C(=O)c2c(Cl)cnn2C)s1. The van der Waals surface area contributed by atoms with Crippen molar-refractivity contribution >= 4 is 28.7 Å². The van der Waals surface area contributed by atoms with Crippen LogP contribution in [0.15, 0.2) is 18.3 Å². The minimum Gasteiger partial charge on any atom is -0.286 e. The maximum Gasteiger partial charge on any atom is 0.222 e. The predicted molar refractivity (Wildman–Crippen MR) is 65.3 cm³/mol. The molecule has 2 rings (SSSR count). The molecule has 2 heterocycles. The number of aromatic nitrogens is 2. The normalized spacial score (nSPS) is 10.7. The maximum absolute atomic E-state index is 12.1. The van der Waals surface area contributed by atoms with Gasteiger partial charge in [-0.3, -0.25) is 9.48 Å². The van der Waals surface area contributed by atoms with Crippen LogP contribution in [0.2, 0.25) is 5.02 Å². The number of ketones is 1. The highest BCUT2D eigenvalue weighted by Gasteiger charge is 2.18. The number of thiophene rings is 1. The van der Waals surface area contributed by atoms with Gasteiger partial charge >= 0.3 is 0 Å². The van der Waals surface area contributed by atoms with E-state index in [0.717, 1.165) is 6.42 Å². The number of carbonyl (C=O) groups excluding carboxylic acids is 1. The largest absolute Gasteiger partial charge is 0.286 e. The molecule has 3 nitrogen and oxygen atoms in total. The zero-order valence-electron chi connectivity index (χ0n) is 9.03. The van der Waals surface area contributed by atoms with Crippen LogP contribution in [-0.4, -0.2) is 15.6 Å². The first-order valence-corrected chi connectivity index (χ1v) is 6.13. The van der Waals surface area contributed by atoms with Crippen molar-refractivity contribution in [3.8, 4) is 0 Å². The van der Waals surface area contributed by atoms with Crippen LogP contribution in [0.25, 0.3) is 0 Å². The lowest BCUT2D eigenvalue weighted by molar-refractivity contribution is 0.103. The third kappa shape index (κ3) is 1.90. The van der Waals surface area contributed by atoms with Crippen molar-refractivity contribution in [3.63, 3.8) is 0 Å². The number of aryl methyl sites for hydroxylation is 2. The zero-order chi connectivity index (χ0) is 11.7. The van der Waals surface area contributed by atoms with Gasteiger partial charge in [-0.1, -0.05) is 18.5 Å². The highest BCUT2D eigenvalue weighted by atomic mass is 35.5. The predicted octanol–water partition coefficient (Wildman–Crippen LogP) is 2.93. The highest BCUT2D eigenvalue weighted by molar-refractivity contribution is 7.14. The molecule has 0 spiro atoms. The quantitative estimate of drug-likeness (QED) is 0.790. The molecule has 0 unspecified atom stereocenters. The fourth-order valence-electron chi connectivity index (χ4n) is 1.47. The lowest BCUT2D eigenvalue weighted by Gasteiger charge is -1.99. The van der Waals surface area contributed by atoms with E-state index in [-0.39, 0.29) is 5.78 Å². The molecule has 2 aromatic heterocycles. The molecule has 2 aromatic rings. The summed E-state index contributed by atoms with van der Waals surface area (Å²) in [5.41, 5.74) is 0.450. The number of nitrogens with zero attached hydrogens (tertiary/aromatic N) is 2. The van der Waals surface area contributed by atoms with Gasteiger partial charge in [0.05, 0.1) is 16.1 Å². The van der Waals surface area contributed by atoms with E-state index in [9.17, 15) is 4.79 Å². The second kappa shape index (κ2) is 4.39. The zero-order valence-corrected chi connectivity index (χ0v) is 10.6. The summed E-state index contributed by atoms with van der Waals surface area (Å²) in [4.78, 5) is 14.0.